The molecule has 1 unspecified atom stereocenters. The zero-order valence-corrected chi connectivity index (χ0v) is 20.1. The maximum atomic E-state index is 11.9. The predicted octanol–water partition coefficient (Wildman–Crippen LogP) is 2.25. The fourth-order valence-corrected chi connectivity index (χ4v) is 2.89. The number of aliphatic imine (C=N–C) groups is 1. The number of rotatable bonds is 9. The summed E-state index contributed by atoms with van der Waals surface area (Å²) in [5.41, 5.74) is 2.88. The lowest BCUT2D eigenvalue weighted by atomic mass is 10.0. The average molecular weight is 525 g/mol. The molecule has 1 amide bonds. The number of anilines is 1. The van der Waals surface area contributed by atoms with Crippen molar-refractivity contribution in [2.24, 2.45) is 4.99 Å². The van der Waals surface area contributed by atoms with E-state index in [1.165, 1.54) is 0 Å². The molecular weight excluding hydrogens is 493 g/mol. The number of benzene rings is 2. The number of likely N-dealkylation sites (N-methyl/N-ethyl adjacent to an activating group) is 1. The number of nitrogens with one attached hydrogen (secondary N) is 3. The van der Waals surface area contributed by atoms with Crippen LogP contribution in [0.2, 0.25) is 0 Å². The molecule has 8 heteroatoms. The molecule has 0 heterocycles. The lowest BCUT2D eigenvalue weighted by molar-refractivity contribution is -0.116. The summed E-state index contributed by atoms with van der Waals surface area (Å²) in [6, 6.07) is 17.6. The van der Waals surface area contributed by atoms with Gasteiger partial charge in [0, 0.05) is 31.7 Å². The first-order valence-corrected chi connectivity index (χ1v) is 9.65. The Labute approximate surface area is 196 Å². The van der Waals surface area contributed by atoms with Gasteiger partial charge in [-0.15, -0.1) is 24.0 Å². The number of hydrogen-bond donors (Lipinski definition) is 4. The zero-order chi connectivity index (χ0) is 21.1. The Morgan fingerprint density at radius 3 is 2.47 bits per heavy atom. The summed E-state index contributed by atoms with van der Waals surface area (Å²) < 4.78 is 0. The van der Waals surface area contributed by atoms with Gasteiger partial charge in [-0.05, 0) is 37.4 Å². The number of aliphatic hydroxyl groups is 1. The molecular formula is C22H32IN5O2. The molecule has 2 aromatic carbocycles. The van der Waals surface area contributed by atoms with Crippen molar-refractivity contribution in [3.63, 3.8) is 0 Å². The van der Waals surface area contributed by atoms with Crippen molar-refractivity contribution in [3.8, 4) is 0 Å². The van der Waals surface area contributed by atoms with Gasteiger partial charge in [0.05, 0.1) is 13.2 Å². The van der Waals surface area contributed by atoms with Crippen LogP contribution < -0.4 is 16.0 Å². The molecule has 30 heavy (non-hydrogen) atoms. The quantitative estimate of drug-likeness (QED) is 0.229. The molecule has 0 radical (unpaired) electrons. The second kappa shape index (κ2) is 13.9. The van der Waals surface area contributed by atoms with E-state index in [1.807, 2.05) is 73.6 Å². The Kier molecular flexibility index (Phi) is 12.0. The van der Waals surface area contributed by atoms with E-state index in [0.717, 1.165) is 16.8 Å². The molecule has 0 aliphatic carbocycles. The number of guanidine groups is 1. The highest BCUT2D eigenvalue weighted by Crippen LogP contribution is 2.13. The minimum absolute atomic E-state index is 0. The molecule has 2 aromatic rings. The van der Waals surface area contributed by atoms with Crippen LogP contribution in [0.15, 0.2) is 59.6 Å². The van der Waals surface area contributed by atoms with Gasteiger partial charge in [0.15, 0.2) is 5.96 Å². The van der Waals surface area contributed by atoms with Crippen LogP contribution in [0, 0.1) is 0 Å². The van der Waals surface area contributed by atoms with Crippen molar-refractivity contribution in [3.05, 3.63) is 65.7 Å². The Morgan fingerprint density at radius 1 is 1.10 bits per heavy atom. The third kappa shape index (κ3) is 9.10. The summed E-state index contributed by atoms with van der Waals surface area (Å²) in [5, 5.41) is 19.1. The van der Waals surface area contributed by atoms with E-state index in [9.17, 15) is 9.90 Å². The molecule has 0 aliphatic heterocycles. The third-order valence-electron chi connectivity index (χ3n) is 4.36. The van der Waals surface area contributed by atoms with Crippen LogP contribution in [-0.2, 0) is 11.3 Å². The van der Waals surface area contributed by atoms with Gasteiger partial charge in [-0.1, -0.05) is 42.5 Å². The van der Waals surface area contributed by atoms with Crippen molar-refractivity contribution >= 4 is 41.5 Å². The number of carbonyl (C=O) groups excluding carboxylic acids is 1. The molecule has 2 rings (SSSR count). The Balaban J connectivity index is 0.00000450. The normalized spacial score (nSPS) is 12.1. The van der Waals surface area contributed by atoms with Gasteiger partial charge in [0.25, 0.3) is 0 Å². The summed E-state index contributed by atoms with van der Waals surface area (Å²) in [7, 11) is 5.43. The fourth-order valence-electron chi connectivity index (χ4n) is 2.89. The Bertz CT molecular complexity index is 799. The molecule has 0 saturated carbocycles. The minimum Gasteiger partial charge on any atom is -0.396 e. The molecule has 1 atom stereocenters. The molecule has 0 saturated heterocycles. The first-order chi connectivity index (χ1) is 14.0. The van der Waals surface area contributed by atoms with Gasteiger partial charge in [0.1, 0.15) is 0 Å². The maximum absolute atomic E-state index is 11.9. The second-order valence-corrected chi connectivity index (χ2v) is 7.08. The van der Waals surface area contributed by atoms with E-state index in [1.54, 1.807) is 7.05 Å². The highest BCUT2D eigenvalue weighted by molar-refractivity contribution is 14.0. The first kappa shape index (κ1) is 25.9. The van der Waals surface area contributed by atoms with Crippen LogP contribution in [0.3, 0.4) is 0 Å². The molecule has 7 nitrogen and oxygen atoms in total. The Hall–Kier alpha value is -2.17. The molecule has 0 spiro atoms. The number of halogens is 1. The molecule has 4 N–H and O–H groups in total. The van der Waals surface area contributed by atoms with Crippen molar-refractivity contribution in [2.75, 3.05) is 46.2 Å². The van der Waals surface area contributed by atoms with Crippen LogP contribution in [0.4, 0.5) is 5.69 Å². The standard InChI is InChI=1S/C22H31N5O2.HI/c1-23-22(25-14-19(16-28)18-9-5-4-6-10-18)24-13-17-8-7-11-20(12-17)26-21(29)15-27(2)3;/h4-12,19,28H,13-16H2,1-3H3,(H,26,29)(H2,23,24,25);1H. The summed E-state index contributed by atoms with van der Waals surface area (Å²) in [4.78, 5) is 18.0. The third-order valence-corrected chi connectivity index (χ3v) is 4.36. The van der Waals surface area contributed by atoms with Crippen molar-refractivity contribution < 1.29 is 9.90 Å². The zero-order valence-electron chi connectivity index (χ0n) is 17.8. The van der Waals surface area contributed by atoms with Gasteiger partial charge >= 0.3 is 0 Å². The highest BCUT2D eigenvalue weighted by Gasteiger charge is 2.11. The van der Waals surface area contributed by atoms with Crippen LogP contribution in [-0.4, -0.2) is 62.7 Å². The Morgan fingerprint density at radius 2 is 1.83 bits per heavy atom. The first-order valence-electron chi connectivity index (χ1n) is 9.65. The van der Waals surface area contributed by atoms with E-state index >= 15 is 0 Å². The molecule has 164 valence electrons. The number of amides is 1. The van der Waals surface area contributed by atoms with Crippen LogP contribution >= 0.6 is 24.0 Å². The maximum Gasteiger partial charge on any atom is 0.238 e. The summed E-state index contributed by atoms with van der Waals surface area (Å²) in [6.07, 6.45) is 0. The van der Waals surface area contributed by atoms with Crippen molar-refractivity contribution in [2.45, 2.75) is 12.5 Å². The average Bonchev–Trinajstić information content (AvgIpc) is 2.71. The smallest absolute Gasteiger partial charge is 0.238 e. The van der Waals surface area contributed by atoms with E-state index in [0.29, 0.717) is 25.6 Å². The molecule has 0 bridgehead atoms. The lowest BCUT2D eigenvalue weighted by Gasteiger charge is -2.18. The second-order valence-electron chi connectivity index (χ2n) is 7.08. The van der Waals surface area contributed by atoms with E-state index in [2.05, 4.69) is 20.9 Å². The lowest BCUT2D eigenvalue weighted by Crippen LogP contribution is -2.39. The molecule has 0 aliphatic rings. The van der Waals surface area contributed by atoms with Gasteiger partial charge in [-0.2, -0.15) is 0 Å². The summed E-state index contributed by atoms with van der Waals surface area (Å²) in [6.45, 7) is 1.53. The fraction of sp³-hybridized carbons (Fsp3) is 0.364. The summed E-state index contributed by atoms with van der Waals surface area (Å²) >= 11 is 0. The topological polar surface area (TPSA) is 89.0 Å². The number of carbonyl (C=O) groups is 1. The van der Waals surface area contributed by atoms with Crippen LogP contribution in [0.5, 0.6) is 0 Å². The summed E-state index contributed by atoms with van der Waals surface area (Å²) in [5.74, 6) is 0.597. The number of nitrogens with zero attached hydrogens (tertiary/aromatic N) is 2. The predicted molar refractivity (Wildman–Crippen MR) is 134 cm³/mol. The van der Waals surface area contributed by atoms with Gasteiger partial charge < -0.3 is 26.0 Å². The van der Waals surface area contributed by atoms with Gasteiger partial charge in [0.2, 0.25) is 5.91 Å². The van der Waals surface area contributed by atoms with E-state index in [4.69, 9.17) is 0 Å². The highest BCUT2D eigenvalue weighted by atomic mass is 127. The monoisotopic (exact) mass is 525 g/mol. The number of aliphatic hydroxyl groups excluding tert-OH is 1. The van der Waals surface area contributed by atoms with Crippen molar-refractivity contribution in [1.29, 1.82) is 0 Å². The van der Waals surface area contributed by atoms with E-state index in [-0.39, 0.29) is 42.4 Å². The minimum atomic E-state index is -0.0476. The van der Waals surface area contributed by atoms with Crippen molar-refractivity contribution in [1.82, 2.24) is 15.5 Å². The molecule has 0 fully saturated rings. The number of hydrogen-bond acceptors (Lipinski definition) is 4. The van der Waals surface area contributed by atoms with Gasteiger partial charge in [-0.25, -0.2) is 0 Å². The van der Waals surface area contributed by atoms with Crippen LogP contribution in [0.1, 0.15) is 17.0 Å². The largest absolute Gasteiger partial charge is 0.396 e. The molecule has 0 aromatic heterocycles. The van der Waals surface area contributed by atoms with Crippen LogP contribution in [0.25, 0.3) is 0 Å². The van der Waals surface area contributed by atoms with Gasteiger partial charge in [-0.3, -0.25) is 9.79 Å². The SMILES string of the molecule is CN=C(NCc1cccc(NC(=O)CN(C)C)c1)NCC(CO)c1ccccc1.I. The van der Waals surface area contributed by atoms with E-state index < -0.39 is 0 Å².